The first-order chi connectivity index (χ1) is 37.8. The molecule has 0 aliphatic carbocycles. The number of nitrogens with one attached hydrogen (secondary N) is 3. The maximum Gasteiger partial charge on any atom is 0.246 e. The molecule has 17 nitrogen and oxygen atoms in total. The van der Waals surface area contributed by atoms with Crippen molar-refractivity contribution in [2.75, 3.05) is 71.3 Å². The molecule has 0 spiro atoms. The molecular formula is C58H65ClFN7O10S. The van der Waals surface area contributed by atoms with Crippen LogP contribution in [-0.4, -0.2) is 116 Å². The molecule has 8 rings (SSSR count). The minimum Gasteiger partial charge on any atom is -0.487 e. The number of rotatable bonds is 28. The van der Waals surface area contributed by atoms with Crippen LogP contribution in [0.2, 0.25) is 5.02 Å². The van der Waals surface area contributed by atoms with Crippen molar-refractivity contribution in [3.05, 3.63) is 142 Å². The molecule has 78 heavy (non-hydrogen) atoms. The Morgan fingerprint density at radius 3 is 2.24 bits per heavy atom. The highest BCUT2D eigenvalue weighted by Gasteiger charge is 2.42. The van der Waals surface area contributed by atoms with Gasteiger partial charge in [-0.1, -0.05) is 68.8 Å². The van der Waals surface area contributed by atoms with Gasteiger partial charge in [0.15, 0.2) is 0 Å². The minimum atomic E-state index is -0.853. The highest BCUT2D eigenvalue weighted by atomic mass is 35.5. The number of benzene rings is 4. The zero-order valence-electron chi connectivity index (χ0n) is 44.2. The molecule has 412 valence electrons. The van der Waals surface area contributed by atoms with Gasteiger partial charge in [0.25, 0.3) is 0 Å². The van der Waals surface area contributed by atoms with Crippen molar-refractivity contribution in [1.29, 1.82) is 0 Å². The van der Waals surface area contributed by atoms with E-state index in [1.165, 1.54) is 18.5 Å². The van der Waals surface area contributed by atoms with Gasteiger partial charge in [-0.25, -0.2) is 19.3 Å². The first-order valence-corrected chi connectivity index (χ1v) is 27.1. The van der Waals surface area contributed by atoms with E-state index < -0.39 is 23.4 Å². The number of anilines is 2. The molecule has 4 heterocycles. The summed E-state index contributed by atoms with van der Waals surface area (Å²) >= 11 is 8.14. The third-order valence-corrected chi connectivity index (χ3v) is 14.0. The maximum absolute atomic E-state index is 13.9. The predicted octanol–water partition coefficient (Wildman–Crippen LogP) is 9.86. The SMILES string of the molecule is Cc1ncsc1-c1ccc(CNC(=O)[C@@H]2CCCN2C(=O)[C@@H](NC(=O)COCCOCCOCCOCCOCc2ccc(-c3ccc4ncnc(Nc5ccc(OCc6cccc(F)c6)c(Cl)c5)c4c3)o2)C(C)(C)C)cc1. The number of aromatic nitrogens is 3. The van der Waals surface area contributed by atoms with E-state index in [-0.39, 0.29) is 50.7 Å². The molecule has 3 amide bonds. The van der Waals surface area contributed by atoms with E-state index in [4.69, 9.17) is 44.4 Å². The van der Waals surface area contributed by atoms with Gasteiger partial charge in [-0.05, 0) is 103 Å². The number of ether oxygens (including phenoxy) is 6. The van der Waals surface area contributed by atoms with E-state index in [9.17, 15) is 18.8 Å². The van der Waals surface area contributed by atoms with Gasteiger partial charge in [-0.3, -0.25) is 14.4 Å². The van der Waals surface area contributed by atoms with Gasteiger partial charge in [-0.2, -0.15) is 0 Å². The van der Waals surface area contributed by atoms with Crippen molar-refractivity contribution in [3.8, 4) is 27.5 Å². The average molecular weight is 1110 g/mol. The number of carbonyl (C=O) groups is 3. The van der Waals surface area contributed by atoms with Crippen LogP contribution in [0.15, 0.2) is 113 Å². The zero-order valence-corrected chi connectivity index (χ0v) is 45.8. The number of nitrogens with zero attached hydrogens (tertiary/aromatic N) is 4. The number of aryl methyl sites for hydroxylation is 1. The molecule has 3 aromatic heterocycles. The third-order valence-electron chi connectivity index (χ3n) is 12.7. The Hall–Kier alpha value is -6.84. The van der Waals surface area contributed by atoms with Crippen molar-refractivity contribution < 1.29 is 51.6 Å². The van der Waals surface area contributed by atoms with Crippen LogP contribution in [-0.2, 0) is 57.8 Å². The Balaban J connectivity index is 0.656. The van der Waals surface area contributed by atoms with E-state index in [0.29, 0.717) is 105 Å². The van der Waals surface area contributed by atoms with Crippen LogP contribution in [0.4, 0.5) is 15.9 Å². The first-order valence-electron chi connectivity index (χ1n) is 25.8. The fourth-order valence-electron chi connectivity index (χ4n) is 8.64. The van der Waals surface area contributed by atoms with Crippen LogP contribution in [0.25, 0.3) is 32.7 Å². The number of amides is 3. The molecule has 1 aliphatic rings. The summed E-state index contributed by atoms with van der Waals surface area (Å²) in [4.78, 5) is 56.2. The van der Waals surface area contributed by atoms with Gasteiger partial charge in [0, 0.05) is 29.7 Å². The molecule has 0 saturated carbocycles. The molecule has 20 heteroatoms. The quantitative estimate of drug-likeness (QED) is 0.0392. The fraction of sp³-hybridized carbons (Fsp3) is 0.379. The van der Waals surface area contributed by atoms with Crippen LogP contribution < -0.4 is 20.7 Å². The normalized spacial score (nSPS) is 13.9. The average Bonchev–Trinajstić information content (AvgIpc) is 4.27. The number of thiazole rings is 1. The number of furan rings is 1. The Bertz CT molecular complexity index is 3100. The summed E-state index contributed by atoms with van der Waals surface area (Å²) in [6.07, 6.45) is 2.73. The van der Waals surface area contributed by atoms with Gasteiger partial charge in [0.05, 0.1) is 79.5 Å². The molecular weight excluding hydrogens is 1040 g/mol. The van der Waals surface area contributed by atoms with Crippen molar-refractivity contribution in [1.82, 2.24) is 30.5 Å². The molecule has 4 aromatic carbocycles. The highest BCUT2D eigenvalue weighted by molar-refractivity contribution is 7.13. The first kappa shape index (κ1) is 57.3. The number of halogens is 2. The largest absolute Gasteiger partial charge is 0.487 e. The predicted molar refractivity (Wildman–Crippen MR) is 296 cm³/mol. The monoisotopic (exact) mass is 1110 g/mol. The van der Waals surface area contributed by atoms with E-state index in [0.717, 1.165) is 38.2 Å². The molecule has 1 aliphatic heterocycles. The smallest absolute Gasteiger partial charge is 0.246 e. The summed E-state index contributed by atoms with van der Waals surface area (Å²) in [5, 5.41) is 10.4. The summed E-state index contributed by atoms with van der Waals surface area (Å²) in [7, 11) is 0. The van der Waals surface area contributed by atoms with Crippen LogP contribution >= 0.6 is 22.9 Å². The lowest BCUT2D eigenvalue weighted by atomic mass is 9.85. The third kappa shape index (κ3) is 16.4. The van der Waals surface area contributed by atoms with Crippen molar-refractivity contribution in [2.45, 2.75) is 72.4 Å². The second-order valence-corrected chi connectivity index (χ2v) is 20.9. The standard InChI is InChI=1S/C58H65ClFN7O10S/c1-38-53(78-37-64-38)41-12-10-39(11-13-41)32-61-56(69)49-9-6-20-67(49)57(70)54(58(2,3)4)66-52(68)35-75-28-26-73-24-22-71-21-23-72-25-27-74-34-45-16-19-50(77-45)42-14-17-48-46(30-42)55(63-36-62-48)65-44-15-18-51(47(59)31-44)76-33-40-7-5-8-43(60)29-40/h5,7-8,10-19,29-31,36-37,49,54H,6,9,20-28,32-35H2,1-4H3,(H,61,69)(H,66,68)(H,62,63,65)/t49-,54+/m0/s1. The Labute approximate surface area is 462 Å². The lowest BCUT2D eigenvalue weighted by Gasteiger charge is -2.35. The zero-order chi connectivity index (χ0) is 54.9. The molecule has 0 bridgehead atoms. The molecule has 2 atom stereocenters. The van der Waals surface area contributed by atoms with Gasteiger partial charge < -0.3 is 53.7 Å². The van der Waals surface area contributed by atoms with Gasteiger partial charge in [-0.15, -0.1) is 11.3 Å². The lowest BCUT2D eigenvalue weighted by Crippen LogP contribution is -2.58. The van der Waals surface area contributed by atoms with Crippen LogP contribution in [0, 0.1) is 18.2 Å². The fourth-order valence-corrected chi connectivity index (χ4v) is 9.68. The minimum absolute atomic E-state index is 0.176. The number of hydrogen-bond donors (Lipinski definition) is 3. The number of fused-ring (bicyclic) bond motifs is 1. The van der Waals surface area contributed by atoms with Crippen molar-refractivity contribution >= 4 is 63.1 Å². The second kappa shape index (κ2) is 28.2. The topological polar surface area (TPSA) is 198 Å². The lowest BCUT2D eigenvalue weighted by molar-refractivity contribution is -0.144. The summed E-state index contributed by atoms with van der Waals surface area (Å²) < 4.78 is 53.7. The second-order valence-electron chi connectivity index (χ2n) is 19.6. The van der Waals surface area contributed by atoms with Gasteiger partial charge in [0.1, 0.15) is 67.1 Å². The Morgan fingerprint density at radius 1 is 0.808 bits per heavy atom. The summed E-state index contributed by atoms with van der Waals surface area (Å²) in [6.45, 7) is 11.2. The van der Waals surface area contributed by atoms with Crippen molar-refractivity contribution in [2.24, 2.45) is 5.41 Å². The highest BCUT2D eigenvalue weighted by Crippen LogP contribution is 2.34. The van der Waals surface area contributed by atoms with Gasteiger partial charge >= 0.3 is 0 Å². The van der Waals surface area contributed by atoms with E-state index in [1.807, 2.05) is 93.9 Å². The Kier molecular flexibility index (Phi) is 20.7. The summed E-state index contributed by atoms with van der Waals surface area (Å²) in [5.74, 6) is 1.11. The molecule has 0 radical (unpaired) electrons. The molecule has 0 unspecified atom stereocenters. The molecule has 1 fully saturated rings. The van der Waals surface area contributed by atoms with Gasteiger partial charge in [0.2, 0.25) is 17.7 Å². The Morgan fingerprint density at radius 2 is 1.54 bits per heavy atom. The number of hydrogen-bond acceptors (Lipinski definition) is 15. The van der Waals surface area contributed by atoms with Crippen LogP contribution in [0.3, 0.4) is 0 Å². The van der Waals surface area contributed by atoms with E-state index in [2.05, 4.69) is 30.9 Å². The van der Waals surface area contributed by atoms with Crippen LogP contribution in [0.1, 0.15) is 56.2 Å². The van der Waals surface area contributed by atoms with E-state index >= 15 is 0 Å². The molecule has 1 saturated heterocycles. The number of likely N-dealkylation sites (tertiary alicyclic amines) is 1. The number of carbonyl (C=O) groups excluding carboxylic acids is 3. The maximum atomic E-state index is 13.9. The van der Waals surface area contributed by atoms with E-state index in [1.54, 1.807) is 40.5 Å². The molecule has 7 aromatic rings. The van der Waals surface area contributed by atoms with Crippen LogP contribution in [0.5, 0.6) is 5.75 Å². The summed E-state index contributed by atoms with van der Waals surface area (Å²) in [6, 6.07) is 27.6. The van der Waals surface area contributed by atoms with Crippen molar-refractivity contribution in [3.63, 3.8) is 0 Å². The summed E-state index contributed by atoms with van der Waals surface area (Å²) in [5.41, 5.74) is 7.19. The molecule has 3 N–H and O–H groups in total.